The molecule has 2 aromatic heterocycles. The topological polar surface area (TPSA) is 75.1 Å². The van der Waals surface area contributed by atoms with Crippen molar-refractivity contribution in [2.75, 3.05) is 5.32 Å². The first-order valence-corrected chi connectivity index (χ1v) is 7.94. The third kappa shape index (κ3) is 3.44. The third-order valence-electron chi connectivity index (χ3n) is 3.25. The quantitative estimate of drug-likeness (QED) is 0.771. The second kappa shape index (κ2) is 6.68. The molecule has 116 valence electrons. The van der Waals surface area contributed by atoms with Crippen molar-refractivity contribution in [3.05, 3.63) is 53.5 Å². The van der Waals surface area contributed by atoms with Crippen molar-refractivity contribution in [2.24, 2.45) is 0 Å². The van der Waals surface area contributed by atoms with Gasteiger partial charge in [-0.1, -0.05) is 30.3 Å². The highest BCUT2D eigenvalue weighted by molar-refractivity contribution is 7.13. The van der Waals surface area contributed by atoms with Gasteiger partial charge in [0.05, 0.1) is 23.4 Å². The Hall–Kier alpha value is -2.57. The van der Waals surface area contributed by atoms with Crippen LogP contribution in [0.4, 0.5) is 5.82 Å². The number of nitrogens with zero attached hydrogens (tertiary/aromatic N) is 2. The minimum Gasteiger partial charge on any atom is -0.392 e. The molecule has 0 atom stereocenters. The van der Waals surface area contributed by atoms with Gasteiger partial charge in [-0.05, 0) is 17.0 Å². The van der Waals surface area contributed by atoms with Gasteiger partial charge in [0, 0.05) is 12.5 Å². The molecule has 0 aliphatic heterocycles. The van der Waals surface area contributed by atoms with Crippen LogP contribution in [0.2, 0.25) is 0 Å². The standard InChI is InChI=1S/C17H15N3O2S/c1-11(22)19-17-16(15-3-2-8-23-15)20-14(9-18-17)13-6-4-12(10-21)5-7-13/h2-9,21H,10H2,1H3,(H,18,19,22). The van der Waals surface area contributed by atoms with Crippen LogP contribution in [0.5, 0.6) is 0 Å². The average molecular weight is 325 g/mol. The van der Waals surface area contributed by atoms with Crippen molar-refractivity contribution in [2.45, 2.75) is 13.5 Å². The Morgan fingerprint density at radius 2 is 2.04 bits per heavy atom. The first-order chi connectivity index (χ1) is 11.2. The van der Waals surface area contributed by atoms with Gasteiger partial charge in [0.2, 0.25) is 5.91 Å². The zero-order valence-corrected chi connectivity index (χ0v) is 13.3. The van der Waals surface area contributed by atoms with Crippen LogP contribution in [0.3, 0.4) is 0 Å². The van der Waals surface area contributed by atoms with E-state index in [0.29, 0.717) is 17.2 Å². The Kier molecular flexibility index (Phi) is 4.45. The first-order valence-electron chi connectivity index (χ1n) is 7.06. The lowest BCUT2D eigenvalue weighted by Gasteiger charge is -2.09. The van der Waals surface area contributed by atoms with Crippen LogP contribution in [0, 0.1) is 0 Å². The number of benzene rings is 1. The lowest BCUT2D eigenvalue weighted by atomic mass is 10.1. The highest BCUT2D eigenvalue weighted by Gasteiger charge is 2.13. The van der Waals surface area contributed by atoms with E-state index in [4.69, 9.17) is 5.11 Å². The van der Waals surface area contributed by atoms with Crippen LogP contribution < -0.4 is 5.32 Å². The fraction of sp³-hybridized carbons (Fsp3) is 0.118. The van der Waals surface area contributed by atoms with Crippen LogP contribution in [0.15, 0.2) is 48.0 Å². The number of carbonyl (C=O) groups excluding carboxylic acids is 1. The van der Waals surface area contributed by atoms with Crippen molar-refractivity contribution in [1.82, 2.24) is 9.97 Å². The Labute approximate surface area is 137 Å². The van der Waals surface area contributed by atoms with Crippen LogP contribution in [-0.2, 0) is 11.4 Å². The predicted octanol–water partition coefficient (Wildman–Crippen LogP) is 3.32. The minimum absolute atomic E-state index is 0.00781. The van der Waals surface area contributed by atoms with Gasteiger partial charge in [-0.3, -0.25) is 4.79 Å². The van der Waals surface area contributed by atoms with Crippen molar-refractivity contribution in [3.63, 3.8) is 0 Å². The largest absolute Gasteiger partial charge is 0.392 e. The van der Waals surface area contributed by atoms with Crippen LogP contribution in [0.25, 0.3) is 21.8 Å². The van der Waals surface area contributed by atoms with Crippen molar-refractivity contribution < 1.29 is 9.90 Å². The van der Waals surface area contributed by atoms with Crippen molar-refractivity contribution in [1.29, 1.82) is 0 Å². The number of hydrogen-bond donors (Lipinski definition) is 2. The van der Waals surface area contributed by atoms with E-state index >= 15 is 0 Å². The monoisotopic (exact) mass is 325 g/mol. The SMILES string of the molecule is CC(=O)Nc1ncc(-c2ccc(CO)cc2)nc1-c1cccs1. The molecule has 0 spiro atoms. The molecule has 5 nitrogen and oxygen atoms in total. The Balaban J connectivity index is 2.05. The number of carbonyl (C=O) groups is 1. The molecule has 1 amide bonds. The summed E-state index contributed by atoms with van der Waals surface area (Å²) in [5.74, 6) is 0.271. The molecule has 3 rings (SSSR count). The second-order valence-corrected chi connectivity index (χ2v) is 5.91. The summed E-state index contributed by atoms with van der Waals surface area (Å²) in [4.78, 5) is 21.3. The zero-order chi connectivity index (χ0) is 16.2. The summed E-state index contributed by atoms with van der Waals surface area (Å²) >= 11 is 1.54. The van der Waals surface area contributed by atoms with Crippen LogP contribution in [-0.4, -0.2) is 21.0 Å². The predicted molar refractivity (Wildman–Crippen MR) is 91.0 cm³/mol. The maximum atomic E-state index is 11.4. The molecule has 0 saturated heterocycles. The molecule has 0 radical (unpaired) electrons. The van der Waals surface area contributed by atoms with E-state index in [1.807, 2.05) is 41.8 Å². The number of hydrogen-bond acceptors (Lipinski definition) is 5. The second-order valence-electron chi connectivity index (χ2n) is 4.97. The molecule has 2 heterocycles. The molecule has 3 aromatic rings. The smallest absolute Gasteiger partial charge is 0.222 e. The van der Waals surface area contributed by atoms with E-state index in [1.54, 1.807) is 17.5 Å². The summed E-state index contributed by atoms with van der Waals surface area (Å²) < 4.78 is 0. The fourth-order valence-electron chi connectivity index (χ4n) is 2.15. The minimum atomic E-state index is -0.183. The molecule has 0 bridgehead atoms. The summed E-state index contributed by atoms with van der Waals surface area (Å²) in [5, 5.41) is 13.8. The Morgan fingerprint density at radius 3 is 2.65 bits per heavy atom. The molecule has 0 aliphatic rings. The van der Waals surface area contributed by atoms with Gasteiger partial charge in [-0.15, -0.1) is 11.3 Å². The summed E-state index contributed by atoms with van der Waals surface area (Å²) in [6, 6.07) is 11.4. The van der Waals surface area contributed by atoms with E-state index in [1.165, 1.54) is 6.92 Å². The number of aliphatic hydroxyl groups is 1. The average Bonchev–Trinajstić information content (AvgIpc) is 3.09. The zero-order valence-electron chi connectivity index (χ0n) is 12.5. The fourth-order valence-corrected chi connectivity index (χ4v) is 2.87. The highest BCUT2D eigenvalue weighted by Crippen LogP contribution is 2.30. The van der Waals surface area contributed by atoms with Crippen LogP contribution in [0.1, 0.15) is 12.5 Å². The Morgan fingerprint density at radius 1 is 1.26 bits per heavy atom. The van der Waals surface area contributed by atoms with E-state index in [0.717, 1.165) is 16.0 Å². The summed E-state index contributed by atoms with van der Waals surface area (Å²) in [6.07, 6.45) is 1.64. The van der Waals surface area contributed by atoms with Crippen LogP contribution >= 0.6 is 11.3 Å². The summed E-state index contributed by atoms with van der Waals surface area (Å²) in [5.41, 5.74) is 3.11. The molecule has 0 unspecified atom stereocenters. The number of thiophene rings is 1. The maximum Gasteiger partial charge on any atom is 0.222 e. The number of anilines is 1. The van der Waals surface area contributed by atoms with E-state index in [-0.39, 0.29) is 12.5 Å². The van der Waals surface area contributed by atoms with Gasteiger partial charge in [-0.25, -0.2) is 9.97 Å². The Bertz CT molecular complexity index is 814. The molecule has 0 fully saturated rings. The highest BCUT2D eigenvalue weighted by atomic mass is 32.1. The molecule has 23 heavy (non-hydrogen) atoms. The normalized spacial score (nSPS) is 10.5. The lowest BCUT2D eigenvalue weighted by molar-refractivity contribution is -0.114. The van der Waals surface area contributed by atoms with Gasteiger partial charge in [0.1, 0.15) is 5.69 Å². The molecular weight excluding hydrogens is 310 g/mol. The van der Waals surface area contributed by atoms with Gasteiger partial charge in [-0.2, -0.15) is 0 Å². The van der Waals surface area contributed by atoms with Crippen molar-refractivity contribution >= 4 is 23.1 Å². The van der Waals surface area contributed by atoms with E-state index in [2.05, 4.69) is 15.3 Å². The molecule has 0 saturated carbocycles. The van der Waals surface area contributed by atoms with E-state index in [9.17, 15) is 4.79 Å². The molecular formula is C17H15N3O2S. The van der Waals surface area contributed by atoms with Gasteiger partial charge in [0.15, 0.2) is 5.82 Å². The van der Waals surface area contributed by atoms with Gasteiger partial charge in [0.25, 0.3) is 0 Å². The van der Waals surface area contributed by atoms with Crippen molar-refractivity contribution in [3.8, 4) is 21.8 Å². The lowest BCUT2D eigenvalue weighted by Crippen LogP contribution is -2.09. The first kappa shape index (κ1) is 15.3. The van der Waals surface area contributed by atoms with E-state index < -0.39 is 0 Å². The summed E-state index contributed by atoms with van der Waals surface area (Å²) in [6.45, 7) is 1.45. The summed E-state index contributed by atoms with van der Waals surface area (Å²) in [7, 11) is 0. The molecule has 2 N–H and O–H groups in total. The number of aliphatic hydroxyl groups excluding tert-OH is 1. The third-order valence-corrected chi connectivity index (χ3v) is 4.13. The maximum absolute atomic E-state index is 11.4. The molecule has 0 aliphatic carbocycles. The number of rotatable bonds is 4. The van der Waals surface area contributed by atoms with Gasteiger partial charge >= 0.3 is 0 Å². The van der Waals surface area contributed by atoms with Gasteiger partial charge < -0.3 is 10.4 Å². The molecule has 6 heteroatoms. The molecule has 1 aromatic carbocycles. The number of nitrogens with one attached hydrogen (secondary N) is 1. The number of amides is 1. The number of aromatic nitrogens is 2.